The molecule has 8 aromatic rings. The molecule has 4 heteroatoms. The fraction of sp³-hybridized carbons (Fsp3) is 0. The summed E-state index contributed by atoms with van der Waals surface area (Å²) in [6.07, 6.45) is 4.31. The first-order valence-electron chi connectivity index (χ1n) is 15.4. The smallest absolute Gasteiger partial charge is 0.101 e. The first-order valence-corrected chi connectivity index (χ1v) is 15.4. The number of para-hydroxylation sites is 2. The molecule has 4 nitrogen and oxygen atoms in total. The molecule has 0 atom stereocenters. The summed E-state index contributed by atoms with van der Waals surface area (Å²) in [7, 11) is 0. The van der Waals surface area contributed by atoms with Gasteiger partial charge in [-0.2, -0.15) is 10.2 Å². The Kier molecular flexibility index (Phi) is 7.14. The molecule has 0 aliphatic carbocycles. The lowest BCUT2D eigenvalue weighted by Crippen LogP contribution is -1.93. The number of hydrogen-bond acceptors (Lipinski definition) is 2. The van der Waals surface area contributed by atoms with Crippen LogP contribution in [0.2, 0.25) is 0 Å². The van der Waals surface area contributed by atoms with E-state index in [2.05, 4.69) is 134 Å². The van der Waals surface area contributed by atoms with Crippen molar-refractivity contribution in [3.05, 3.63) is 182 Å². The van der Waals surface area contributed by atoms with Crippen molar-refractivity contribution in [1.29, 1.82) is 0 Å². The predicted molar refractivity (Wildman–Crippen MR) is 188 cm³/mol. The second kappa shape index (κ2) is 12.0. The molecule has 0 unspecified atom stereocenters. The molecule has 218 valence electrons. The van der Waals surface area contributed by atoms with E-state index in [-0.39, 0.29) is 0 Å². The second-order valence-corrected chi connectivity index (χ2v) is 11.2. The van der Waals surface area contributed by atoms with Gasteiger partial charge in [-0.15, -0.1) is 0 Å². The Morgan fingerprint density at radius 2 is 0.565 bits per heavy atom. The van der Waals surface area contributed by atoms with E-state index in [9.17, 15) is 0 Å². The molecule has 0 saturated heterocycles. The van der Waals surface area contributed by atoms with E-state index in [0.29, 0.717) is 0 Å². The molecule has 6 aromatic carbocycles. The summed E-state index contributed by atoms with van der Waals surface area (Å²) in [4.78, 5) is 0. The first-order chi connectivity index (χ1) is 22.8. The Labute approximate surface area is 268 Å². The molecule has 8 rings (SSSR count). The van der Waals surface area contributed by atoms with E-state index in [1.165, 1.54) is 0 Å². The van der Waals surface area contributed by atoms with Gasteiger partial charge in [-0.25, -0.2) is 9.36 Å². The minimum absolute atomic E-state index is 0.941. The molecular formula is C42H30N4. The Bertz CT molecular complexity index is 2070. The van der Waals surface area contributed by atoms with Crippen LogP contribution < -0.4 is 0 Å². The lowest BCUT2D eigenvalue weighted by Gasteiger charge is -2.15. The van der Waals surface area contributed by atoms with Gasteiger partial charge in [0.25, 0.3) is 0 Å². The quantitative estimate of drug-likeness (QED) is 0.185. The van der Waals surface area contributed by atoms with Crippen LogP contribution in [-0.2, 0) is 0 Å². The Morgan fingerprint density at radius 1 is 0.283 bits per heavy atom. The Balaban J connectivity index is 1.34. The fourth-order valence-corrected chi connectivity index (χ4v) is 6.09. The van der Waals surface area contributed by atoms with Gasteiger partial charge in [0, 0.05) is 34.6 Å². The summed E-state index contributed by atoms with van der Waals surface area (Å²) in [6.45, 7) is 0. The van der Waals surface area contributed by atoms with Crippen molar-refractivity contribution in [3.8, 4) is 67.3 Å². The number of aromatic nitrogens is 4. The van der Waals surface area contributed by atoms with Crippen LogP contribution in [0.3, 0.4) is 0 Å². The third-order valence-electron chi connectivity index (χ3n) is 8.29. The summed E-state index contributed by atoms with van der Waals surface area (Å²) in [5, 5.41) is 10.3. The minimum Gasteiger partial charge on any atom is -0.240 e. The summed E-state index contributed by atoms with van der Waals surface area (Å²) >= 11 is 0. The SMILES string of the molecule is c1ccc(-c2nn(-c3ccccc3)cc2-c2ccccc2-c2ccccc2-c2cn(-c3ccccc3)nc2-c2ccccc2)cc1. The number of hydrogen-bond donors (Lipinski definition) is 0. The van der Waals surface area contributed by atoms with Gasteiger partial charge in [0.15, 0.2) is 0 Å². The van der Waals surface area contributed by atoms with Gasteiger partial charge in [-0.05, 0) is 46.5 Å². The lowest BCUT2D eigenvalue weighted by molar-refractivity contribution is 0.884. The van der Waals surface area contributed by atoms with Crippen LogP contribution in [0.4, 0.5) is 0 Å². The zero-order valence-electron chi connectivity index (χ0n) is 25.1. The molecule has 46 heavy (non-hydrogen) atoms. The monoisotopic (exact) mass is 590 g/mol. The normalized spacial score (nSPS) is 11.0. The highest BCUT2D eigenvalue weighted by Gasteiger charge is 2.21. The maximum atomic E-state index is 5.14. The zero-order chi connectivity index (χ0) is 30.7. The van der Waals surface area contributed by atoms with E-state index < -0.39 is 0 Å². The lowest BCUT2D eigenvalue weighted by atomic mass is 9.88. The number of nitrogens with zero attached hydrogens (tertiary/aromatic N) is 4. The van der Waals surface area contributed by atoms with Crippen molar-refractivity contribution < 1.29 is 0 Å². The summed E-state index contributed by atoms with van der Waals surface area (Å²) in [6, 6.07) is 58.7. The third-order valence-corrected chi connectivity index (χ3v) is 8.29. The van der Waals surface area contributed by atoms with Gasteiger partial charge in [0.1, 0.15) is 11.4 Å². The van der Waals surface area contributed by atoms with Crippen LogP contribution in [-0.4, -0.2) is 19.6 Å². The molecule has 0 aliphatic heterocycles. The van der Waals surface area contributed by atoms with Crippen molar-refractivity contribution in [2.45, 2.75) is 0 Å². The molecule has 0 aliphatic rings. The highest BCUT2D eigenvalue weighted by Crippen LogP contribution is 2.43. The maximum absolute atomic E-state index is 5.14. The van der Waals surface area contributed by atoms with Crippen LogP contribution in [0.15, 0.2) is 182 Å². The van der Waals surface area contributed by atoms with E-state index in [1.54, 1.807) is 0 Å². The molecule has 0 fully saturated rings. The molecule has 2 aromatic heterocycles. The summed E-state index contributed by atoms with van der Waals surface area (Å²) in [5.41, 5.74) is 12.7. The van der Waals surface area contributed by atoms with Crippen LogP contribution in [0.5, 0.6) is 0 Å². The van der Waals surface area contributed by atoms with Crippen molar-refractivity contribution in [2.24, 2.45) is 0 Å². The third kappa shape index (κ3) is 5.12. The molecule has 0 bridgehead atoms. The van der Waals surface area contributed by atoms with E-state index in [1.807, 2.05) is 57.9 Å². The average molecular weight is 591 g/mol. The summed E-state index contributed by atoms with van der Waals surface area (Å²) < 4.78 is 3.97. The molecule has 2 heterocycles. The van der Waals surface area contributed by atoms with Crippen molar-refractivity contribution >= 4 is 0 Å². The maximum Gasteiger partial charge on any atom is 0.101 e. The number of benzene rings is 6. The van der Waals surface area contributed by atoms with E-state index in [4.69, 9.17) is 10.2 Å². The van der Waals surface area contributed by atoms with Crippen molar-refractivity contribution in [3.63, 3.8) is 0 Å². The molecular weight excluding hydrogens is 560 g/mol. The van der Waals surface area contributed by atoms with Crippen LogP contribution >= 0.6 is 0 Å². The van der Waals surface area contributed by atoms with Crippen LogP contribution in [0, 0.1) is 0 Å². The highest BCUT2D eigenvalue weighted by molar-refractivity contribution is 5.97. The largest absolute Gasteiger partial charge is 0.240 e. The molecule has 0 N–H and O–H groups in total. The summed E-state index contributed by atoms with van der Waals surface area (Å²) in [5.74, 6) is 0. The van der Waals surface area contributed by atoms with Crippen molar-refractivity contribution in [1.82, 2.24) is 19.6 Å². The van der Waals surface area contributed by atoms with Crippen molar-refractivity contribution in [2.75, 3.05) is 0 Å². The second-order valence-electron chi connectivity index (χ2n) is 11.2. The fourth-order valence-electron chi connectivity index (χ4n) is 6.09. The highest BCUT2D eigenvalue weighted by atomic mass is 15.3. The van der Waals surface area contributed by atoms with Gasteiger partial charge < -0.3 is 0 Å². The predicted octanol–water partition coefficient (Wildman–Crippen LogP) is 10.4. The van der Waals surface area contributed by atoms with Crippen LogP contribution in [0.25, 0.3) is 67.3 Å². The molecule has 0 radical (unpaired) electrons. The van der Waals surface area contributed by atoms with Gasteiger partial charge >= 0.3 is 0 Å². The first kappa shape index (κ1) is 27.3. The molecule has 0 amide bonds. The Morgan fingerprint density at radius 3 is 0.913 bits per heavy atom. The molecule has 0 spiro atoms. The zero-order valence-corrected chi connectivity index (χ0v) is 25.1. The van der Waals surface area contributed by atoms with Gasteiger partial charge in [-0.1, -0.05) is 146 Å². The van der Waals surface area contributed by atoms with E-state index in [0.717, 1.165) is 67.3 Å². The Hall–Kier alpha value is -6.26. The van der Waals surface area contributed by atoms with E-state index >= 15 is 0 Å². The number of rotatable bonds is 7. The topological polar surface area (TPSA) is 35.6 Å². The molecule has 0 saturated carbocycles. The van der Waals surface area contributed by atoms with Gasteiger partial charge in [-0.3, -0.25) is 0 Å². The van der Waals surface area contributed by atoms with Gasteiger partial charge in [0.05, 0.1) is 11.4 Å². The average Bonchev–Trinajstić information content (AvgIpc) is 3.79. The van der Waals surface area contributed by atoms with Crippen LogP contribution in [0.1, 0.15) is 0 Å². The van der Waals surface area contributed by atoms with Gasteiger partial charge in [0.2, 0.25) is 0 Å². The minimum atomic E-state index is 0.941. The standard InChI is InChI=1S/C42H30N4/c1-5-17-31(18-6-1)41-39(29-45(43-41)33-21-9-3-10-22-33)37-27-15-13-25-35(37)36-26-14-16-28-38(36)40-30-46(34-23-11-4-12-24-34)44-42(40)32-19-7-2-8-20-32/h1-30H.